The van der Waals surface area contributed by atoms with E-state index in [-0.39, 0.29) is 6.04 Å². The third-order valence-electron chi connectivity index (χ3n) is 6.57. The number of benzene rings is 3. The zero-order valence-corrected chi connectivity index (χ0v) is 20.5. The Kier molecular flexibility index (Phi) is 5.70. The van der Waals surface area contributed by atoms with E-state index >= 15 is 0 Å². The molecule has 1 atom stereocenters. The predicted molar refractivity (Wildman–Crippen MR) is 144 cm³/mol. The van der Waals surface area contributed by atoms with E-state index in [1.54, 1.807) is 0 Å². The average molecular weight is 450 g/mol. The lowest BCUT2D eigenvalue weighted by Crippen LogP contribution is -2.20. The maximum Gasteiger partial charge on any atom is 0.150 e. The highest BCUT2D eigenvalue weighted by Gasteiger charge is 2.31. The Hall–Kier alpha value is -3.86. The highest BCUT2D eigenvalue weighted by molar-refractivity contribution is 6.03. The topological polar surface area (TPSA) is 35.0 Å². The number of nitrogens with zero attached hydrogens (tertiary/aromatic N) is 5. The first-order chi connectivity index (χ1) is 16.4. The van der Waals surface area contributed by atoms with Crippen LogP contribution in [0.15, 0.2) is 84.0 Å². The first-order valence-corrected chi connectivity index (χ1v) is 11.7. The summed E-state index contributed by atoms with van der Waals surface area (Å²) in [5.74, 6) is 0.887. The Bertz CT molecular complexity index is 1340. The number of pyridine rings is 1. The Labute approximate surface area is 202 Å². The summed E-state index contributed by atoms with van der Waals surface area (Å²) in [4.78, 5) is 9.25. The maximum absolute atomic E-state index is 5.13. The first-order valence-electron chi connectivity index (χ1n) is 11.7. The molecule has 1 aromatic heterocycles. The molecule has 1 aliphatic rings. The van der Waals surface area contributed by atoms with Crippen molar-refractivity contribution in [2.45, 2.75) is 19.4 Å². The van der Waals surface area contributed by atoms with Crippen molar-refractivity contribution >= 4 is 33.8 Å². The summed E-state index contributed by atoms with van der Waals surface area (Å²) in [6.07, 6.45) is 0.830. The van der Waals surface area contributed by atoms with Gasteiger partial charge in [0.15, 0.2) is 0 Å². The molecule has 1 unspecified atom stereocenters. The molecule has 172 valence electrons. The van der Waals surface area contributed by atoms with E-state index in [0.717, 1.165) is 29.0 Å². The van der Waals surface area contributed by atoms with Crippen LogP contribution in [-0.4, -0.2) is 38.9 Å². The molecule has 0 bridgehead atoms. The molecule has 3 aromatic carbocycles. The maximum atomic E-state index is 5.13. The van der Waals surface area contributed by atoms with Crippen molar-refractivity contribution in [2.75, 3.05) is 43.0 Å². The zero-order chi connectivity index (χ0) is 23.8. The second-order valence-electron chi connectivity index (χ2n) is 9.35. The standard InChI is InChI=1S/C29H31N5/c1-20-18-29(30-26-9-7-6-8-25(20)26)34-28(22-12-16-24(17-13-22)33(4)5)19-27(31-34)21-10-14-23(15-11-21)32(2)3/h6-18,28H,19H2,1-5H3. The van der Waals surface area contributed by atoms with Crippen molar-refractivity contribution in [2.24, 2.45) is 5.10 Å². The van der Waals surface area contributed by atoms with Gasteiger partial charge in [0.2, 0.25) is 0 Å². The molecule has 0 saturated carbocycles. The van der Waals surface area contributed by atoms with Gasteiger partial charge < -0.3 is 9.80 Å². The van der Waals surface area contributed by atoms with Crippen molar-refractivity contribution in [1.29, 1.82) is 0 Å². The third kappa shape index (κ3) is 4.10. The molecular weight excluding hydrogens is 418 g/mol. The lowest BCUT2D eigenvalue weighted by Gasteiger charge is -2.24. The Morgan fingerprint density at radius 1 is 0.794 bits per heavy atom. The molecule has 0 fully saturated rings. The van der Waals surface area contributed by atoms with Crippen LogP contribution in [0.4, 0.5) is 17.2 Å². The Morgan fingerprint density at radius 3 is 2.06 bits per heavy atom. The lowest BCUT2D eigenvalue weighted by atomic mass is 9.98. The number of para-hydroxylation sites is 1. The summed E-state index contributed by atoms with van der Waals surface area (Å²) < 4.78 is 0. The van der Waals surface area contributed by atoms with E-state index in [1.807, 2.05) is 6.07 Å². The highest BCUT2D eigenvalue weighted by Crippen LogP contribution is 2.38. The van der Waals surface area contributed by atoms with Gasteiger partial charge in [-0.3, -0.25) is 0 Å². The van der Waals surface area contributed by atoms with Crippen LogP contribution in [0.25, 0.3) is 10.9 Å². The van der Waals surface area contributed by atoms with E-state index in [9.17, 15) is 0 Å². The Morgan fingerprint density at radius 2 is 1.41 bits per heavy atom. The quantitative estimate of drug-likeness (QED) is 0.373. The van der Waals surface area contributed by atoms with Crippen LogP contribution in [0.3, 0.4) is 0 Å². The SMILES string of the molecule is Cc1cc(N2N=C(c3ccc(N(C)C)cc3)CC2c2ccc(N(C)C)cc2)nc2ccccc12. The molecule has 0 spiro atoms. The van der Waals surface area contributed by atoms with Gasteiger partial charge in [-0.15, -0.1) is 0 Å². The minimum absolute atomic E-state index is 0.0906. The molecule has 5 nitrogen and oxygen atoms in total. The van der Waals surface area contributed by atoms with Crippen LogP contribution < -0.4 is 14.8 Å². The molecular formula is C29H31N5. The zero-order valence-electron chi connectivity index (χ0n) is 20.5. The average Bonchev–Trinajstić information content (AvgIpc) is 3.30. The van der Waals surface area contributed by atoms with E-state index < -0.39 is 0 Å². The molecule has 0 saturated heterocycles. The summed E-state index contributed by atoms with van der Waals surface area (Å²) in [5.41, 5.74) is 8.05. The van der Waals surface area contributed by atoms with Gasteiger partial charge in [0, 0.05) is 51.4 Å². The summed E-state index contributed by atoms with van der Waals surface area (Å²) in [7, 11) is 8.25. The number of aromatic nitrogens is 1. The summed E-state index contributed by atoms with van der Waals surface area (Å²) in [5, 5.41) is 8.42. The van der Waals surface area contributed by atoms with E-state index in [1.165, 1.54) is 27.9 Å². The van der Waals surface area contributed by atoms with Crippen LogP contribution >= 0.6 is 0 Å². The molecule has 5 heteroatoms. The van der Waals surface area contributed by atoms with Crippen LogP contribution in [0.1, 0.15) is 29.2 Å². The normalized spacial score (nSPS) is 15.5. The number of hydrogen-bond donors (Lipinski definition) is 0. The van der Waals surface area contributed by atoms with Crippen LogP contribution in [0, 0.1) is 6.92 Å². The Balaban J connectivity index is 1.57. The van der Waals surface area contributed by atoms with Crippen molar-refractivity contribution in [3.8, 4) is 0 Å². The fourth-order valence-electron chi connectivity index (χ4n) is 4.55. The fraction of sp³-hybridized carbons (Fsp3) is 0.241. The van der Waals surface area contributed by atoms with E-state index in [2.05, 4.69) is 123 Å². The largest absolute Gasteiger partial charge is 0.378 e. The molecule has 0 aliphatic carbocycles. The minimum atomic E-state index is 0.0906. The summed E-state index contributed by atoms with van der Waals surface area (Å²) in [6.45, 7) is 2.15. The molecule has 0 amide bonds. The fourth-order valence-corrected chi connectivity index (χ4v) is 4.55. The number of hydrazone groups is 1. The second kappa shape index (κ2) is 8.82. The van der Waals surface area contributed by atoms with Gasteiger partial charge in [-0.05, 0) is 60.0 Å². The van der Waals surface area contributed by atoms with E-state index in [0.29, 0.717) is 0 Å². The van der Waals surface area contributed by atoms with Crippen LogP contribution in [-0.2, 0) is 0 Å². The van der Waals surface area contributed by atoms with Gasteiger partial charge in [0.05, 0.1) is 17.3 Å². The summed E-state index contributed by atoms with van der Waals surface area (Å²) >= 11 is 0. The summed E-state index contributed by atoms with van der Waals surface area (Å²) in [6, 6.07) is 28.0. The number of fused-ring (bicyclic) bond motifs is 1. The molecule has 2 heterocycles. The van der Waals surface area contributed by atoms with E-state index in [4.69, 9.17) is 10.1 Å². The second-order valence-corrected chi connectivity index (χ2v) is 9.35. The van der Waals surface area contributed by atoms with Gasteiger partial charge in [-0.1, -0.05) is 42.5 Å². The van der Waals surface area contributed by atoms with Crippen molar-refractivity contribution in [3.05, 3.63) is 95.6 Å². The van der Waals surface area contributed by atoms with Gasteiger partial charge in [0.1, 0.15) is 5.82 Å². The molecule has 34 heavy (non-hydrogen) atoms. The van der Waals surface area contributed by atoms with Crippen molar-refractivity contribution in [3.63, 3.8) is 0 Å². The first kappa shape index (κ1) is 22.0. The van der Waals surface area contributed by atoms with Crippen LogP contribution in [0.2, 0.25) is 0 Å². The number of aryl methyl sites for hydroxylation is 1. The van der Waals surface area contributed by atoms with Gasteiger partial charge in [0.25, 0.3) is 0 Å². The smallest absolute Gasteiger partial charge is 0.150 e. The number of rotatable bonds is 5. The van der Waals surface area contributed by atoms with Crippen LogP contribution in [0.5, 0.6) is 0 Å². The van der Waals surface area contributed by atoms with Crippen molar-refractivity contribution in [1.82, 2.24) is 4.98 Å². The van der Waals surface area contributed by atoms with Gasteiger partial charge in [-0.25, -0.2) is 9.99 Å². The molecule has 4 aromatic rings. The molecule has 0 radical (unpaired) electrons. The van der Waals surface area contributed by atoms with Gasteiger partial charge >= 0.3 is 0 Å². The molecule has 0 N–H and O–H groups in total. The van der Waals surface area contributed by atoms with Crippen molar-refractivity contribution < 1.29 is 0 Å². The minimum Gasteiger partial charge on any atom is -0.378 e. The molecule has 5 rings (SSSR count). The highest BCUT2D eigenvalue weighted by atomic mass is 15.5. The van der Waals surface area contributed by atoms with Gasteiger partial charge in [-0.2, -0.15) is 5.10 Å². The molecule has 1 aliphatic heterocycles. The monoisotopic (exact) mass is 449 g/mol. The lowest BCUT2D eigenvalue weighted by molar-refractivity contribution is 0.700. The predicted octanol–water partition coefficient (Wildman–Crippen LogP) is 6.03. The third-order valence-corrected chi connectivity index (χ3v) is 6.57. The number of hydrogen-bond acceptors (Lipinski definition) is 5. The number of anilines is 3.